The standard InChI is InChI=1S/C13H12N4O/c14-7-11-1-3-12(16-9-11)17-13(18)4-2-10-5-6-15-8-10/h1,3,5-6,8-9,15H,2,4H2,(H,16,17,18). The lowest BCUT2D eigenvalue weighted by Gasteiger charge is -2.03. The van der Waals surface area contributed by atoms with Gasteiger partial charge in [-0.05, 0) is 30.2 Å². The maximum atomic E-state index is 11.6. The number of amides is 1. The number of nitrogens with zero attached hydrogens (tertiary/aromatic N) is 2. The van der Waals surface area contributed by atoms with Crippen molar-refractivity contribution in [2.75, 3.05) is 5.32 Å². The van der Waals surface area contributed by atoms with Gasteiger partial charge in [0.25, 0.3) is 0 Å². The Labute approximate surface area is 104 Å². The average Bonchev–Trinajstić information content (AvgIpc) is 2.90. The van der Waals surface area contributed by atoms with Gasteiger partial charge in [-0.3, -0.25) is 4.79 Å². The second kappa shape index (κ2) is 5.64. The summed E-state index contributed by atoms with van der Waals surface area (Å²) in [6.45, 7) is 0. The summed E-state index contributed by atoms with van der Waals surface area (Å²) in [6, 6.07) is 7.15. The van der Waals surface area contributed by atoms with Gasteiger partial charge in [-0.2, -0.15) is 5.26 Å². The first-order valence-corrected chi connectivity index (χ1v) is 5.55. The molecule has 2 aromatic rings. The van der Waals surface area contributed by atoms with Crippen molar-refractivity contribution in [2.45, 2.75) is 12.8 Å². The zero-order valence-electron chi connectivity index (χ0n) is 9.68. The van der Waals surface area contributed by atoms with E-state index in [1.54, 1.807) is 12.1 Å². The van der Waals surface area contributed by atoms with Crippen LogP contribution < -0.4 is 5.32 Å². The van der Waals surface area contributed by atoms with Crippen LogP contribution in [-0.2, 0) is 11.2 Å². The number of rotatable bonds is 4. The van der Waals surface area contributed by atoms with Crippen LogP contribution in [0.4, 0.5) is 5.82 Å². The molecule has 1 amide bonds. The van der Waals surface area contributed by atoms with Gasteiger partial charge in [0.05, 0.1) is 5.56 Å². The molecule has 0 saturated carbocycles. The molecule has 2 heterocycles. The average molecular weight is 240 g/mol. The van der Waals surface area contributed by atoms with Crippen molar-refractivity contribution in [2.24, 2.45) is 0 Å². The molecule has 0 aromatic carbocycles. The Morgan fingerprint density at radius 1 is 1.44 bits per heavy atom. The highest BCUT2D eigenvalue weighted by Gasteiger charge is 2.04. The van der Waals surface area contributed by atoms with E-state index in [-0.39, 0.29) is 5.91 Å². The second-order valence-electron chi connectivity index (χ2n) is 3.81. The lowest BCUT2D eigenvalue weighted by atomic mass is 10.2. The van der Waals surface area contributed by atoms with Crippen molar-refractivity contribution in [1.29, 1.82) is 5.26 Å². The number of hydrogen-bond acceptors (Lipinski definition) is 3. The summed E-state index contributed by atoms with van der Waals surface area (Å²) in [7, 11) is 0. The van der Waals surface area contributed by atoms with Crippen molar-refractivity contribution >= 4 is 11.7 Å². The highest BCUT2D eigenvalue weighted by atomic mass is 16.1. The van der Waals surface area contributed by atoms with Gasteiger partial charge >= 0.3 is 0 Å². The number of nitrogens with one attached hydrogen (secondary N) is 2. The van der Waals surface area contributed by atoms with E-state index in [2.05, 4.69) is 15.3 Å². The minimum absolute atomic E-state index is 0.0894. The Bertz CT molecular complexity index is 552. The van der Waals surface area contributed by atoms with E-state index >= 15 is 0 Å². The molecule has 2 N–H and O–H groups in total. The minimum Gasteiger partial charge on any atom is -0.367 e. The molecule has 18 heavy (non-hydrogen) atoms. The van der Waals surface area contributed by atoms with Gasteiger partial charge < -0.3 is 10.3 Å². The van der Waals surface area contributed by atoms with Crippen molar-refractivity contribution in [1.82, 2.24) is 9.97 Å². The van der Waals surface area contributed by atoms with Crippen LogP contribution in [0.15, 0.2) is 36.8 Å². The van der Waals surface area contributed by atoms with Gasteiger partial charge in [-0.25, -0.2) is 4.98 Å². The number of carbonyl (C=O) groups is 1. The Kier molecular flexibility index (Phi) is 3.72. The van der Waals surface area contributed by atoms with Gasteiger partial charge in [0.2, 0.25) is 5.91 Å². The molecule has 0 bridgehead atoms. The monoisotopic (exact) mass is 240 g/mol. The lowest BCUT2D eigenvalue weighted by Crippen LogP contribution is -2.13. The SMILES string of the molecule is N#Cc1ccc(NC(=O)CCc2cc[nH]c2)nc1. The van der Waals surface area contributed by atoms with Crippen LogP contribution in [0.25, 0.3) is 0 Å². The topological polar surface area (TPSA) is 81.6 Å². The maximum Gasteiger partial charge on any atom is 0.225 e. The summed E-state index contributed by atoms with van der Waals surface area (Å²) in [6.07, 6.45) is 6.22. The smallest absolute Gasteiger partial charge is 0.225 e. The quantitative estimate of drug-likeness (QED) is 0.855. The van der Waals surface area contributed by atoms with E-state index in [1.165, 1.54) is 6.20 Å². The van der Waals surface area contributed by atoms with Gasteiger partial charge in [0, 0.05) is 25.0 Å². The van der Waals surface area contributed by atoms with Crippen LogP contribution in [0, 0.1) is 11.3 Å². The highest BCUT2D eigenvalue weighted by Crippen LogP contribution is 2.06. The molecule has 90 valence electrons. The van der Waals surface area contributed by atoms with Gasteiger partial charge in [0.15, 0.2) is 0 Å². The summed E-state index contributed by atoms with van der Waals surface area (Å²) in [5.74, 6) is 0.376. The summed E-state index contributed by atoms with van der Waals surface area (Å²) < 4.78 is 0. The molecule has 2 rings (SSSR count). The van der Waals surface area contributed by atoms with E-state index < -0.39 is 0 Å². The van der Waals surface area contributed by atoms with E-state index in [4.69, 9.17) is 5.26 Å². The summed E-state index contributed by atoms with van der Waals surface area (Å²) in [5, 5.41) is 11.3. The van der Waals surface area contributed by atoms with Crippen molar-refractivity contribution in [3.63, 3.8) is 0 Å². The third-order valence-corrected chi connectivity index (χ3v) is 2.46. The third kappa shape index (κ3) is 3.19. The molecule has 0 radical (unpaired) electrons. The first kappa shape index (κ1) is 11.9. The summed E-state index contributed by atoms with van der Waals surface area (Å²) in [5.41, 5.74) is 1.57. The third-order valence-electron chi connectivity index (χ3n) is 2.46. The van der Waals surface area contributed by atoms with E-state index in [0.717, 1.165) is 5.56 Å². The van der Waals surface area contributed by atoms with E-state index in [1.807, 2.05) is 24.5 Å². The normalized spacial score (nSPS) is 9.72. The first-order valence-electron chi connectivity index (χ1n) is 5.55. The Morgan fingerprint density at radius 3 is 2.94 bits per heavy atom. The summed E-state index contributed by atoms with van der Waals surface area (Å²) >= 11 is 0. The fourth-order valence-corrected chi connectivity index (χ4v) is 1.51. The molecule has 0 aliphatic heterocycles. The van der Waals surface area contributed by atoms with Crippen LogP contribution >= 0.6 is 0 Å². The molecular formula is C13H12N4O. The van der Waals surface area contributed by atoms with Gasteiger partial charge in [-0.15, -0.1) is 0 Å². The molecule has 0 atom stereocenters. The molecule has 0 spiro atoms. The number of H-pyrrole nitrogens is 1. The number of aryl methyl sites for hydroxylation is 1. The summed E-state index contributed by atoms with van der Waals surface area (Å²) in [4.78, 5) is 18.6. The molecule has 0 aliphatic rings. The number of nitriles is 1. The molecule has 0 aliphatic carbocycles. The lowest BCUT2D eigenvalue weighted by molar-refractivity contribution is -0.116. The van der Waals surface area contributed by atoms with Crippen molar-refractivity contribution in [3.05, 3.63) is 47.9 Å². The molecule has 0 unspecified atom stereocenters. The molecular weight excluding hydrogens is 228 g/mol. The van der Waals surface area contributed by atoms with Crippen LogP contribution in [0.2, 0.25) is 0 Å². The van der Waals surface area contributed by atoms with Gasteiger partial charge in [0.1, 0.15) is 11.9 Å². The number of anilines is 1. The number of carbonyl (C=O) groups excluding carboxylic acids is 1. The first-order chi connectivity index (χ1) is 8.78. The van der Waals surface area contributed by atoms with Crippen molar-refractivity contribution < 1.29 is 4.79 Å². The molecule has 0 fully saturated rings. The highest BCUT2D eigenvalue weighted by molar-refractivity contribution is 5.89. The number of pyridine rings is 1. The van der Waals surface area contributed by atoms with E-state index in [0.29, 0.717) is 24.2 Å². The number of aromatic amines is 1. The van der Waals surface area contributed by atoms with Crippen LogP contribution in [0.3, 0.4) is 0 Å². The van der Waals surface area contributed by atoms with Gasteiger partial charge in [-0.1, -0.05) is 0 Å². The van der Waals surface area contributed by atoms with Crippen molar-refractivity contribution in [3.8, 4) is 6.07 Å². The zero-order chi connectivity index (χ0) is 12.8. The Morgan fingerprint density at radius 2 is 2.33 bits per heavy atom. The number of hydrogen-bond donors (Lipinski definition) is 2. The van der Waals surface area contributed by atoms with Crippen LogP contribution in [-0.4, -0.2) is 15.9 Å². The largest absolute Gasteiger partial charge is 0.367 e. The predicted molar refractivity (Wildman–Crippen MR) is 66.7 cm³/mol. The maximum absolute atomic E-state index is 11.6. The molecule has 5 nitrogen and oxygen atoms in total. The fraction of sp³-hybridized carbons (Fsp3) is 0.154. The number of aromatic nitrogens is 2. The van der Waals surface area contributed by atoms with Crippen LogP contribution in [0.1, 0.15) is 17.5 Å². The van der Waals surface area contributed by atoms with E-state index in [9.17, 15) is 4.79 Å². The zero-order valence-corrected chi connectivity index (χ0v) is 9.68. The Hall–Kier alpha value is -2.61. The minimum atomic E-state index is -0.0894. The molecule has 0 saturated heterocycles. The molecule has 2 aromatic heterocycles. The predicted octanol–water partition coefficient (Wildman–Crippen LogP) is 1.85. The Balaban J connectivity index is 1.85. The fourth-order valence-electron chi connectivity index (χ4n) is 1.51. The van der Waals surface area contributed by atoms with Crippen LogP contribution in [0.5, 0.6) is 0 Å². The second-order valence-corrected chi connectivity index (χ2v) is 3.81. The molecule has 5 heteroatoms.